The smallest absolute Gasteiger partial charge is 0.343 e. The van der Waals surface area contributed by atoms with Crippen LogP contribution in [0.5, 0.6) is 0 Å². The lowest BCUT2D eigenvalue weighted by Gasteiger charge is -2.18. The first kappa shape index (κ1) is 14.5. The molecule has 108 valence electrons. The van der Waals surface area contributed by atoms with Gasteiger partial charge in [0.25, 0.3) is 0 Å². The van der Waals surface area contributed by atoms with Gasteiger partial charge in [0, 0.05) is 13.0 Å². The summed E-state index contributed by atoms with van der Waals surface area (Å²) in [6, 6.07) is 7.68. The van der Waals surface area contributed by atoms with Gasteiger partial charge in [0.05, 0.1) is 13.0 Å². The zero-order valence-corrected chi connectivity index (χ0v) is 11.4. The van der Waals surface area contributed by atoms with Gasteiger partial charge in [-0.15, -0.1) is 0 Å². The predicted octanol–water partition coefficient (Wildman–Crippen LogP) is 1.82. The van der Waals surface area contributed by atoms with Gasteiger partial charge in [0.15, 0.2) is 0 Å². The summed E-state index contributed by atoms with van der Waals surface area (Å²) >= 11 is 0. The van der Waals surface area contributed by atoms with Crippen molar-refractivity contribution in [1.82, 2.24) is 4.90 Å². The summed E-state index contributed by atoms with van der Waals surface area (Å²) in [5, 5.41) is 8.82. The van der Waals surface area contributed by atoms with Crippen molar-refractivity contribution in [1.29, 1.82) is 0 Å². The van der Waals surface area contributed by atoms with Crippen LogP contribution in [0.4, 0.5) is 4.39 Å². The zero-order chi connectivity index (χ0) is 14.8. The molecule has 0 spiro atoms. The highest BCUT2D eigenvalue weighted by Gasteiger charge is 2.46. The maximum Gasteiger partial charge on any atom is 0.343 e. The SMILES string of the molecule is CCc1cccc(CC(=O)N2CCC(F)(C(=O)O)C2)c1. The summed E-state index contributed by atoms with van der Waals surface area (Å²) in [6.45, 7) is 1.84. The van der Waals surface area contributed by atoms with Crippen LogP contribution in [-0.4, -0.2) is 40.6 Å². The van der Waals surface area contributed by atoms with Crippen molar-refractivity contribution in [2.24, 2.45) is 0 Å². The summed E-state index contributed by atoms with van der Waals surface area (Å²) in [5.74, 6) is -1.71. The van der Waals surface area contributed by atoms with E-state index < -0.39 is 11.6 Å². The molecule has 1 aromatic carbocycles. The number of amides is 1. The van der Waals surface area contributed by atoms with Gasteiger partial charge in [0.2, 0.25) is 11.6 Å². The summed E-state index contributed by atoms with van der Waals surface area (Å²) in [5.41, 5.74) is -0.274. The number of benzene rings is 1. The van der Waals surface area contributed by atoms with Gasteiger partial charge in [-0.1, -0.05) is 31.2 Å². The van der Waals surface area contributed by atoms with Crippen LogP contribution < -0.4 is 0 Å². The first-order chi connectivity index (χ1) is 9.44. The first-order valence-corrected chi connectivity index (χ1v) is 6.72. The second-order valence-electron chi connectivity index (χ2n) is 5.19. The number of carboxylic acids is 1. The van der Waals surface area contributed by atoms with Gasteiger partial charge in [-0.2, -0.15) is 0 Å². The Morgan fingerprint density at radius 3 is 2.70 bits per heavy atom. The Labute approximate surface area is 117 Å². The molecule has 0 radical (unpaired) electrons. The predicted molar refractivity (Wildman–Crippen MR) is 72.2 cm³/mol. The zero-order valence-electron chi connectivity index (χ0n) is 11.4. The summed E-state index contributed by atoms with van der Waals surface area (Å²) in [7, 11) is 0. The van der Waals surface area contributed by atoms with Crippen LogP contribution >= 0.6 is 0 Å². The lowest BCUT2D eigenvalue weighted by molar-refractivity contribution is -0.150. The highest BCUT2D eigenvalue weighted by molar-refractivity contribution is 5.83. The maximum atomic E-state index is 13.9. The van der Waals surface area contributed by atoms with Crippen LogP contribution in [0.2, 0.25) is 0 Å². The third kappa shape index (κ3) is 2.98. The lowest BCUT2D eigenvalue weighted by atomic mass is 10.1. The molecule has 5 heteroatoms. The highest BCUT2D eigenvalue weighted by Crippen LogP contribution is 2.26. The molecule has 2 rings (SSSR count). The summed E-state index contributed by atoms with van der Waals surface area (Å²) in [6.07, 6.45) is 0.935. The Morgan fingerprint density at radius 1 is 1.40 bits per heavy atom. The molecule has 0 saturated carbocycles. The van der Waals surface area contributed by atoms with E-state index in [9.17, 15) is 14.0 Å². The molecule has 1 amide bonds. The molecule has 0 bridgehead atoms. The van der Waals surface area contributed by atoms with E-state index in [1.807, 2.05) is 31.2 Å². The fourth-order valence-corrected chi connectivity index (χ4v) is 2.41. The second-order valence-corrected chi connectivity index (χ2v) is 5.19. The molecule has 1 atom stereocenters. The second kappa shape index (κ2) is 5.61. The number of alkyl halides is 1. The normalized spacial score (nSPS) is 22.0. The van der Waals surface area contributed by atoms with Gasteiger partial charge >= 0.3 is 5.97 Å². The van der Waals surface area contributed by atoms with Crippen LogP contribution in [0.15, 0.2) is 24.3 Å². The number of hydrogen-bond acceptors (Lipinski definition) is 2. The van der Waals surface area contributed by atoms with Crippen LogP contribution in [0.25, 0.3) is 0 Å². The average molecular weight is 279 g/mol. The molecular weight excluding hydrogens is 261 g/mol. The van der Waals surface area contributed by atoms with E-state index in [1.165, 1.54) is 4.90 Å². The molecule has 1 heterocycles. The minimum Gasteiger partial charge on any atom is -0.479 e. The fraction of sp³-hybridized carbons (Fsp3) is 0.467. The van der Waals surface area contributed by atoms with Crippen LogP contribution in [0, 0.1) is 0 Å². The molecule has 0 aromatic heterocycles. The van der Waals surface area contributed by atoms with Crippen molar-refractivity contribution in [3.8, 4) is 0 Å². The fourth-order valence-electron chi connectivity index (χ4n) is 2.41. The molecule has 1 aliphatic heterocycles. The van der Waals surface area contributed by atoms with Crippen LogP contribution in [0.3, 0.4) is 0 Å². The van der Waals surface area contributed by atoms with E-state index >= 15 is 0 Å². The minimum absolute atomic E-state index is 0.136. The molecule has 0 aliphatic carbocycles. The first-order valence-electron chi connectivity index (χ1n) is 6.72. The number of rotatable bonds is 4. The average Bonchev–Trinajstić information content (AvgIpc) is 2.83. The Bertz CT molecular complexity index is 532. The Morgan fingerprint density at radius 2 is 2.10 bits per heavy atom. The van der Waals surface area contributed by atoms with E-state index in [2.05, 4.69) is 0 Å². The Hall–Kier alpha value is -1.91. The maximum absolute atomic E-state index is 13.9. The number of carboxylic acid groups (broad SMARTS) is 1. The van der Waals surface area contributed by atoms with Crippen LogP contribution in [0.1, 0.15) is 24.5 Å². The molecule has 1 N–H and O–H groups in total. The molecule has 1 unspecified atom stereocenters. The van der Waals surface area contributed by atoms with Gasteiger partial charge < -0.3 is 10.0 Å². The molecule has 1 fully saturated rings. The molecular formula is C15H18FNO3. The van der Waals surface area contributed by atoms with E-state index in [4.69, 9.17) is 5.11 Å². The van der Waals surface area contributed by atoms with Gasteiger partial charge in [0.1, 0.15) is 0 Å². The number of nitrogens with zero attached hydrogens (tertiary/aromatic N) is 1. The number of aliphatic carboxylic acids is 1. The van der Waals surface area contributed by atoms with Crippen LogP contribution in [-0.2, 0) is 22.4 Å². The number of halogens is 1. The van der Waals surface area contributed by atoms with Crippen molar-refractivity contribution in [3.63, 3.8) is 0 Å². The van der Waals surface area contributed by atoms with Crippen molar-refractivity contribution in [3.05, 3.63) is 35.4 Å². The third-order valence-electron chi connectivity index (χ3n) is 3.71. The molecule has 20 heavy (non-hydrogen) atoms. The standard InChI is InChI=1S/C15H18FNO3/c1-2-11-4-3-5-12(8-11)9-13(18)17-7-6-15(16,10-17)14(19)20/h3-5,8H,2,6-7,9-10H2,1H3,(H,19,20). The number of hydrogen-bond donors (Lipinski definition) is 1. The van der Waals surface area contributed by atoms with E-state index in [1.54, 1.807) is 0 Å². The van der Waals surface area contributed by atoms with Crippen molar-refractivity contribution in [2.75, 3.05) is 13.1 Å². The molecule has 4 nitrogen and oxygen atoms in total. The van der Waals surface area contributed by atoms with Crippen molar-refractivity contribution < 1.29 is 19.1 Å². The van der Waals surface area contributed by atoms with Gasteiger partial charge in [-0.25, -0.2) is 9.18 Å². The van der Waals surface area contributed by atoms with Gasteiger partial charge in [-0.3, -0.25) is 4.79 Å². The van der Waals surface area contributed by atoms with Crippen molar-refractivity contribution in [2.45, 2.75) is 31.9 Å². The molecule has 1 saturated heterocycles. The number of carbonyl (C=O) groups excluding carboxylic acids is 1. The third-order valence-corrected chi connectivity index (χ3v) is 3.71. The Kier molecular flexibility index (Phi) is 4.06. The highest BCUT2D eigenvalue weighted by atomic mass is 19.1. The summed E-state index contributed by atoms with van der Waals surface area (Å²) in [4.78, 5) is 24.2. The monoisotopic (exact) mass is 279 g/mol. The number of likely N-dealkylation sites (tertiary alicyclic amines) is 1. The Balaban J connectivity index is 2.01. The molecule has 1 aromatic rings. The van der Waals surface area contributed by atoms with E-state index in [-0.39, 0.29) is 31.8 Å². The minimum atomic E-state index is -2.29. The largest absolute Gasteiger partial charge is 0.479 e. The number of aryl methyl sites for hydroxylation is 1. The van der Waals surface area contributed by atoms with Gasteiger partial charge in [-0.05, 0) is 17.5 Å². The number of carbonyl (C=O) groups is 2. The van der Waals surface area contributed by atoms with E-state index in [0.29, 0.717) is 0 Å². The van der Waals surface area contributed by atoms with E-state index in [0.717, 1.165) is 17.5 Å². The van der Waals surface area contributed by atoms with Crippen molar-refractivity contribution >= 4 is 11.9 Å². The topological polar surface area (TPSA) is 57.6 Å². The summed E-state index contributed by atoms with van der Waals surface area (Å²) < 4.78 is 13.9. The molecule has 1 aliphatic rings. The quantitative estimate of drug-likeness (QED) is 0.914. The lowest BCUT2D eigenvalue weighted by Crippen LogP contribution is -2.39.